The molecule has 2 aliphatic rings. The minimum atomic E-state index is 0.598. The van der Waals surface area contributed by atoms with Crippen molar-refractivity contribution in [2.45, 2.75) is 70.1 Å². The van der Waals surface area contributed by atoms with Crippen LogP contribution in [0.2, 0.25) is 0 Å². The molecular weight excluding hydrogens is 361 g/mol. The van der Waals surface area contributed by atoms with Gasteiger partial charge in [0.2, 0.25) is 0 Å². The largest absolute Gasteiger partial charge is 0.369 e. The minimum absolute atomic E-state index is 0.598. The van der Waals surface area contributed by atoms with E-state index in [2.05, 4.69) is 34.8 Å². The van der Waals surface area contributed by atoms with Crippen LogP contribution >= 0.6 is 22.6 Å². The molecule has 0 aromatic carbocycles. The molecule has 2 fully saturated rings. The van der Waals surface area contributed by atoms with Crippen LogP contribution in [0.5, 0.6) is 0 Å². The van der Waals surface area contributed by atoms with Crippen LogP contribution < -0.4 is 5.32 Å². The first kappa shape index (κ1) is 14.5. The Kier molecular flexibility index (Phi) is 4.79. The van der Waals surface area contributed by atoms with E-state index in [4.69, 9.17) is 9.97 Å². The second kappa shape index (κ2) is 6.58. The fourth-order valence-corrected chi connectivity index (χ4v) is 3.89. The molecular formula is C16H24IN3. The van der Waals surface area contributed by atoms with Crippen LogP contribution in [0.1, 0.15) is 81.6 Å². The zero-order valence-corrected chi connectivity index (χ0v) is 14.4. The lowest BCUT2D eigenvalue weighted by Crippen LogP contribution is -2.14. The Morgan fingerprint density at radius 2 is 1.80 bits per heavy atom. The van der Waals surface area contributed by atoms with Crippen molar-refractivity contribution in [3.05, 3.63) is 15.1 Å². The summed E-state index contributed by atoms with van der Waals surface area (Å²) in [6.45, 7) is 3.20. The number of anilines is 1. The molecule has 0 aliphatic heterocycles. The van der Waals surface area contributed by atoms with E-state index in [0.717, 1.165) is 24.6 Å². The number of halogens is 1. The van der Waals surface area contributed by atoms with Gasteiger partial charge in [0.05, 0.1) is 9.26 Å². The van der Waals surface area contributed by atoms with Gasteiger partial charge in [0, 0.05) is 18.4 Å². The predicted molar refractivity (Wildman–Crippen MR) is 91.3 cm³/mol. The molecule has 1 heterocycles. The Hall–Kier alpha value is -0.390. The van der Waals surface area contributed by atoms with E-state index in [-0.39, 0.29) is 0 Å². The lowest BCUT2D eigenvalue weighted by atomic mass is 9.88. The molecule has 2 aliphatic carbocycles. The Morgan fingerprint density at radius 1 is 1.05 bits per heavy atom. The number of nitrogens with one attached hydrogen (secondary N) is 1. The number of hydrogen-bond acceptors (Lipinski definition) is 3. The van der Waals surface area contributed by atoms with Crippen molar-refractivity contribution in [1.82, 2.24) is 9.97 Å². The van der Waals surface area contributed by atoms with E-state index in [1.807, 2.05) is 0 Å². The molecule has 1 N–H and O–H groups in total. The number of nitrogens with zero attached hydrogens (tertiary/aromatic N) is 2. The highest BCUT2D eigenvalue weighted by molar-refractivity contribution is 14.1. The van der Waals surface area contributed by atoms with Gasteiger partial charge in [-0.3, -0.25) is 0 Å². The van der Waals surface area contributed by atoms with Crippen LogP contribution in [0.4, 0.5) is 5.82 Å². The lowest BCUT2D eigenvalue weighted by Gasteiger charge is -2.22. The van der Waals surface area contributed by atoms with Crippen molar-refractivity contribution in [3.63, 3.8) is 0 Å². The highest BCUT2D eigenvalue weighted by Gasteiger charge is 2.30. The molecule has 0 unspecified atom stereocenters. The molecule has 0 bridgehead atoms. The summed E-state index contributed by atoms with van der Waals surface area (Å²) in [5, 5.41) is 3.51. The van der Waals surface area contributed by atoms with Crippen LogP contribution in [0.3, 0.4) is 0 Å². The van der Waals surface area contributed by atoms with E-state index >= 15 is 0 Å². The molecule has 3 rings (SSSR count). The molecule has 0 amide bonds. The second-order valence-electron chi connectivity index (χ2n) is 6.17. The molecule has 0 atom stereocenters. The van der Waals surface area contributed by atoms with Crippen molar-refractivity contribution in [2.24, 2.45) is 0 Å². The minimum Gasteiger partial charge on any atom is -0.369 e. The monoisotopic (exact) mass is 385 g/mol. The highest BCUT2D eigenvalue weighted by Crippen LogP contribution is 2.43. The standard InChI is InChI=1S/C16H24IN3/c1-2-10-18-16-13(17)14(11-8-9-11)19-15(20-16)12-6-4-3-5-7-12/h11-12H,2-10H2,1H3,(H,18,19,20). The van der Waals surface area contributed by atoms with Gasteiger partial charge < -0.3 is 5.32 Å². The van der Waals surface area contributed by atoms with Gasteiger partial charge in [-0.05, 0) is 54.7 Å². The summed E-state index contributed by atoms with van der Waals surface area (Å²) in [7, 11) is 0. The summed E-state index contributed by atoms with van der Waals surface area (Å²) in [6.07, 6.45) is 10.4. The van der Waals surface area contributed by atoms with Gasteiger partial charge >= 0.3 is 0 Å². The Balaban J connectivity index is 1.89. The maximum absolute atomic E-state index is 4.97. The third-order valence-corrected chi connectivity index (χ3v) is 5.43. The first-order valence-corrected chi connectivity index (χ1v) is 9.18. The molecule has 2 saturated carbocycles. The molecule has 1 aromatic heterocycles. The van der Waals surface area contributed by atoms with Crippen molar-refractivity contribution in [2.75, 3.05) is 11.9 Å². The molecule has 3 nitrogen and oxygen atoms in total. The molecule has 4 heteroatoms. The van der Waals surface area contributed by atoms with Crippen molar-refractivity contribution < 1.29 is 0 Å². The third kappa shape index (κ3) is 3.26. The van der Waals surface area contributed by atoms with Crippen LogP contribution in [0.25, 0.3) is 0 Å². The quantitative estimate of drug-likeness (QED) is 0.738. The Morgan fingerprint density at radius 3 is 2.45 bits per heavy atom. The Bertz CT molecular complexity index is 465. The van der Waals surface area contributed by atoms with Gasteiger partial charge in [0.25, 0.3) is 0 Å². The number of hydrogen-bond donors (Lipinski definition) is 1. The van der Waals surface area contributed by atoms with Crippen molar-refractivity contribution in [3.8, 4) is 0 Å². The maximum Gasteiger partial charge on any atom is 0.143 e. The van der Waals surface area contributed by atoms with E-state index in [1.165, 1.54) is 54.2 Å². The first-order valence-electron chi connectivity index (χ1n) is 8.10. The van der Waals surface area contributed by atoms with Crippen LogP contribution in [-0.4, -0.2) is 16.5 Å². The third-order valence-electron chi connectivity index (χ3n) is 4.37. The van der Waals surface area contributed by atoms with Gasteiger partial charge in [0.15, 0.2) is 0 Å². The molecule has 110 valence electrons. The van der Waals surface area contributed by atoms with Crippen LogP contribution in [0, 0.1) is 3.57 Å². The van der Waals surface area contributed by atoms with E-state index in [1.54, 1.807) is 0 Å². The summed E-state index contributed by atoms with van der Waals surface area (Å²) in [4.78, 5) is 9.84. The molecule has 0 spiro atoms. The predicted octanol–water partition coefficient (Wildman–Crippen LogP) is 4.83. The average molecular weight is 385 g/mol. The summed E-state index contributed by atoms with van der Waals surface area (Å²) in [5.74, 6) is 3.50. The zero-order chi connectivity index (χ0) is 13.9. The normalized spacial score (nSPS) is 20.1. The number of rotatable bonds is 5. The van der Waals surface area contributed by atoms with Gasteiger partial charge in [0.1, 0.15) is 11.6 Å². The maximum atomic E-state index is 4.97. The summed E-state index contributed by atoms with van der Waals surface area (Å²) >= 11 is 2.44. The fourth-order valence-electron chi connectivity index (χ4n) is 3.01. The molecule has 0 radical (unpaired) electrons. The topological polar surface area (TPSA) is 37.8 Å². The number of aromatic nitrogens is 2. The van der Waals surface area contributed by atoms with Gasteiger partial charge in [-0.2, -0.15) is 0 Å². The Labute approximate surface area is 135 Å². The summed E-state index contributed by atoms with van der Waals surface area (Å²) < 4.78 is 1.26. The summed E-state index contributed by atoms with van der Waals surface area (Å²) in [5.41, 5.74) is 1.32. The average Bonchev–Trinajstić information content (AvgIpc) is 3.32. The zero-order valence-electron chi connectivity index (χ0n) is 12.3. The molecule has 1 aromatic rings. The van der Waals surface area contributed by atoms with Crippen LogP contribution in [-0.2, 0) is 0 Å². The van der Waals surface area contributed by atoms with E-state index in [9.17, 15) is 0 Å². The smallest absolute Gasteiger partial charge is 0.143 e. The van der Waals surface area contributed by atoms with E-state index in [0.29, 0.717) is 11.8 Å². The molecule has 0 saturated heterocycles. The lowest BCUT2D eigenvalue weighted by molar-refractivity contribution is 0.427. The van der Waals surface area contributed by atoms with Crippen LogP contribution in [0.15, 0.2) is 0 Å². The fraction of sp³-hybridized carbons (Fsp3) is 0.750. The van der Waals surface area contributed by atoms with Gasteiger partial charge in [-0.1, -0.05) is 26.2 Å². The van der Waals surface area contributed by atoms with Crippen molar-refractivity contribution >= 4 is 28.4 Å². The highest BCUT2D eigenvalue weighted by atomic mass is 127. The SMILES string of the molecule is CCCNc1nc(C2CCCCC2)nc(C2CC2)c1I. The van der Waals surface area contributed by atoms with Gasteiger partial charge in [-0.15, -0.1) is 0 Å². The van der Waals surface area contributed by atoms with E-state index < -0.39 is 0 Å². The first-order chi connectivity index (χ1) is 9.79. The molecule has 20 heavy (non-hydrogen) atoms. The van der Waals surface area contributed by atoms with Gasteiger partial charge in [-0.25, -0.2) is 9.97 Å². The van der Waals surface area contributed by atoms with Crippen molar-refractivity contribution in [1.29, 1.82) is 0 Å². The summed E-state index contributed by atoms with van der Waals surface area (Å²) in [6, 6.07) is 0. The second-order valence-corrected chi connectivity index (χ2v) is 7.24.